The van der Waals surface area contributed by atoms with Gasteiger partial charge in [0, 0.05) is 31.1 Å². The summed E-state index contributed by atoms with van der Waals surface area (Å²) in [5, 5.41) is 19.8. The number of rotatable bonds is 13. The molecule has 0 spiro atoms. The third-order valence-corrected chi connectivity index (χ3v) is 6.82. The number of esters is 1. The molecule has 246 valence electrons. The van der Waals surface area contributed by atoms with Crippen LogP contribution in [0.3, 0.4) is 0 Å². The first-order chi connectivity index (χ1) is 23.2. The van der Waals surface area contributed by atoms with Crippen LogP contribution in [0.1, 0.15) is 25.0 Å². The molecule has 2 unspecified atom stereocenters. The summed E-state index contributed by atoms with van der Waals surface area (Å²) in [5.74, 6) is -6.03. The van der Waals surface area contributed by atoms with E-state index in [4.69, 9.17) is 23.7 Å². The lowest BCUT2D eigenvalue weighted by atomic mass is 10.2. The number of aryl methyl sites for hydroxylation is 1. The number of aliphatic hydroxyl groups excluding tert-OH is 1. The molecule has 13 heteroatoms. The van der Waals surface area contributed by atoms with E-state index in [1.807, 2.05) is 36.4 Å². The molecule has 11 nitrogen and oxygen atoms in total. The molecule has 0 amide bonds. The average molecular weight is 657 g/mol. The van der Waals surface area contributed by atoms with E-state index in [1.165, 1.54) is 38.1 Å². The molecule has 0 aliphatic carbocycles. The predicted octanol–water partition coefficient (Wildman–Crippen LogP) is 6.49. The Morgan fingerprint density at radius 3 is 2.42 bits per heavy atom. The molecule has 5 rings (SSSR count). The number of hydrogen-bond donors (Lipinski definition) is 1. The first-order valence-corrected chi connectivity index (χ1v) is 14.7. The Bertz CT molecular complexity index is 1940. The van der Waals surface area contributed by atoms with Gasteiger partial charge in [0.25, 0.3) is 11.8 Å². The van der Waals surface area contributed by atoms with Gasteiger partial charge < -0.3 is 33.4 Å². The molecule has 2 heterocycles. The number of nitriles is 1. The number of benzene rings is 3. The number of carbonyl (C=O) groups excluding carboxylic acids is 1. The van der Waals surface area contributed by atoms with E-state index < -0.39 is 47.3 Å². The molecule has 1 N–H and O–H groups in total. The Morgan fingerprint density at radius 2 is 1.75 bits per heavy atom. The maximum Gasteiger partial charge on any atom is 0.350 e. The van der Waals surface area contributed by atoms with E-state index in [0.717, 1.165) is 5.56 Å². The first-order valence-electron chi connectivity index (χ1n) is 14.7. The lowest BCUT2D eigenvalue weighted by molar-refractivity contribution is -0.156. The normalized spacial score (nSPS) is 12.0. The van der Waals surface area contributed by atoms with Crippen molar-refractivity contribution in [1.82, 2.24) is 14.5 Å². The van der Waals surface area contributed by atoms with Gasteiger partial charge in [0.05, 0.1) is 24.3 Å². The van der Waals surface area contributed by atoms with Crippen LogP contribution >= 0.6 is 0 Å². The highest BCUT2D eigenvalue weighted by molar-refractivity contribution is 5.76. The molecule has 5 aromatic rings. The number of hydrogen-bond acceptors (Lipinski definition) is 10. The summed E-state index contributed by atoms with van der Waals surface area (Å²) in [6, 6.07) is 21.9. The number of halogens is 2. The number of aliphatic hydroxyl groups is 1. The number of aromatic nitrogens is 3. The Labute approximate surface area is 274 Å². The second-order valence-electron chi connectivity index (χ2n) is 10.4. The van der Waals surface area contributed by atoms with Crippen molar-refractivity contribution in [3.8, 4) is 52.2 Å². The van der Waals surface area contributed by atoms with E-state index >= 15 is 8.78 Å². The maximum atomic E-state index is 16.1. The maximum absolute atomic E-state index is 16.1. The zero-order chi connectivity index (χ0) is 34.2. The van der Waals surface area contributed by atoms with Crippen molar-refractivity contribution < 1.29 is 42.4 Å². The molecule has 3 aromatic carbocycles. The standard InChI is InChI=1S/C35H30F2N4O7/c1-4-44-35(43)30(21(2)42)48-31-28(36)33(46-25-12-8-11-24(18-25)32-39-15-16-41(32)3)40-34(29(31)37)47-27-17-23(19-38)13-14-26(27)45-20-22-9-6-5-7-10-22/h5-18,21,30,42H,4,20H2,1-3H3. The van der Waals surface area contributed by atoms with Crippen LogP contribution < -0.4 is 18.9 Å². The third kappa shape index (κ3) is 7.68. The van der Waals surface area contributed by atoms with Gasteiger partial charge in [-0.2, -0.15) is 19.0 Å². The van der Waals surface area contributed by atoms with Crippen LogP contribution in [0, 0.1) is 23.0 Å². The van der Waals surface area contributed by atoms with Crippen molar-refractivity contribution in [1.29, 1.82) is 5.26 Å². The van der Waals surface area contributed by atoms with Gasteiger partial charge in [-0.15, -0.1) is 0 Å². The quantitative estimate of drug-likeness (QED) is 0.140. The molecule has 0 aliphatic heterocycles. The second-order valence-corrected chi connectivity index (χ2v) is 10.4. The summed E-state index contributed by atoms with van der Waals surface area (Å²) in [6.07, 6.45) is -0.00289. The molecule has 0 aliphatic rings. The van der Waals surface area contributed by atoms with E-state index in [1.54, 1.807) is 42.2 Å². The van der Waals surface area contributed by atoms with E-state index in [-0.39, 0.29) is 36.0 Å². The minimum Gasteiger partial charge on any atom is -0.485 e. The van der Waals surface area contributed by atoms with Crippen molar-refractivity contribution >= 4 is 5.97 Å². The molecular weight excluding hydrogens is 626 g/mol. The van der Waals surface area contributed by atoms with Crippen molar-refractivity contribution in [2.45, 2.75) is 32.7 Å². The third-order valence-electron chi connectivity index (χ3n) is 6.82. The summed E-state index contributed by atoms with van der Waals surface area (Å²) in [7, 11) is 1.80. The predicted molar refractivity (Wildman–Crippen MR) is 168 cm³/mol. The van der Waals surface area contributed by atoms with Gasteiger partial charge in [-0.25, -0.2) is 9.78 Å². The highest BCUT2D eigenvalue weighted by Gasteiger charge is 2.33. The van der Waals surface area contributed by atoms with Crippen LogP contribution in [-0.2, 0) is 23.2 Å². The van der Waals surface area contributed by atoms with Gasteiger partial charge in [-0.1, -0.05) is 42.5 Å². The second kappa shape index (κ2) is 15.1. The molecule has 48 heavy (non-hydrogen) atoms. The van der Waals surface area contributed by atoms with Gasteiger partial charge >= 0.3 is 5.97 Å². The molecule has 0 bridgehead atoms. The molecular formula is C35H30F2N4O7. The largest absolute Gasteiger partial charge is 0.485 e. The van der Waals surface area contributed by atoms with Gasteiger partial charge in [-0.05, 0) is 43.7 Å². The topological polar surface area (TPSA) is 138 Å². The van der Waals surface area contributed by atoms with Crippen LogP contribution in [0.5, 0.6) is 34.8 Å². The monoisotopic (exact) mass is 656 g/mol. The average Bonchev–Trinajstić information content (AvgIpc) is 3.52. The highest BCUT2D eigenvalue weighted by atomic mass is 19.1. The van der Waals surface area contributed by atoms with E-state index in [2.05, 4.69) is 9.97 Å². The SMILES string of the molecule is CCOC(=O)C(Oc1c(F)c(Oc2cccc(-c3nccn3C)c2)nc(Oc2cc(C#N)ccc2OCc2ccccc2)c1F)C(C)O. The zero-order valence-corrected chi connectivity index (χ0v) is 26.1. The number of carbonyl (C=O) groups is 1. The van der Waals surface area contributed by atoms with Crippen LogP contribution in [-0.4, -0.2) is 44.4 Å². The fraction of sp³-hybridized carbons (Fsp3) is 0.200. The van der Waals surface area contributed by atoms with Crippen molar-refractivity contribution in [2.75, 3.05) is 6.61 Å². The van der Waals surface area contributed by atoms with Crippen LogP contribution in [0.4, 0.5) is 8.78 Å². The molecule has 2 atom stereocenters. The molecule has 2 aromatic heterocycles. The minimum atomic E-state index is -1.82. The van der Waals surface area contributed by atoms with Crippen molar-refractivity contribution in [2.24, 2.45) is 7.05 Å². The van der Waals surface area contributed by atoms with Gasteiger partial charge in [0.1, 0.15) is 18.2 Å². The lowest BCUT2D eigenvalue weighted by Crippen LogP contribution is -2.39. The summed E-state index contributed by atoms with van der Waals surface area (Å²) >= 11 is 0. The van der Waals surface area contributed by atoms with Crippen molar-refractivity contribution in [3.05, 3.63) is 108 Å². The summed E-state index contributed by atoms with van der Waals surface area (Å²) in [5.41, 5.74) is 1.59. The van der Waals surface area contributed by atoms with Gasteiger partial charge in [0.15, 0.2) is 11.5 Å². The Morgan fingerprint density at radius 1 is 1.00 bits per heavy atom. The summed E-state index contributed by atoms with van der Waals surface area (Å²) in [6.45, 7) is 2.74. The van der Waals surface area contributed by atoms with Crippen LogP contribution in [0.2, 0.25) is 0 Å². The lowest BCUT2D eigenvalue weighted by Gasteiger charge is -2.22. The summed E-state index contributed by atoms with van der Waals surface area (Å²) in [4.78, 5) is 20.8. The molecule has 0 radical (unpaired) electrons. The van der Waals surface area contributed by atoms with E-state index in [9.17, 15) is 15.2 Å². The molecule has 0 saturated heterocycles. The molecule has 0 fully saturated rings. The van der Waals surface area contributed by atoms with Crippen molar-refractivity contribution in [3.63, 3.8) is 0 Å². The number of nitrogens with zero attached hydrogens (tertiary/aromatic N) is 4. The van der Waals surface area contributed by atoms with Crippen LogP contribution in [0.25, 0.3) is 11.4 Å². The Hall–Kier alpha value is -6.00. The number of imidazole rings is 1. The Balaban J connectivity index is 1.57. The minimum absolute atomic E-state index is 0.0806. The molecule has 0 saturated carbocycles. The van der Waals surface area contributed by atoms with Gasteiger partial charge in [0.2, 0.25) is 23.5 Å². The summed E-state index contributed by atoms with van der Waals surface area (Å²) < 4.78 is 61.8. The van der Waals surface area contributed by atoms with Gasteiger partial charge in [-0.3, -0.25) is 0 Å². The first kappa shape index (κ1) is 33.4. The smallest absolute Gasteiger partial charge is 0.350 e. The fourth-order valence-electron chi connectivity index (χ4n) is 4.48. The fourth-order valence-corrected chi connectivity index (χ4v) is 4.48. The number of pyridine rings is 1. The highest BCUT2D eigenvalue weighted by Crippen LogP contribution is 2.41. The van der Waals surface area contributed by atoms with E-state index in [0.29, 0.717) is 11.4 Å². The Kier molecular flexibility index (Phi) is 10.5. The number of ether oxygens (including phenoxy) is 5. The van der Waals surface area contributed by atoms with Crippen LogP contribution in [0.15, 0.2) is 85.2 Å². The zero-order valence-electron chi connectivity index (χ0n) is 26.1.